The van der Waals surface area contributed by atoms with Crippen molar-refractivity contribution in [2.75, 3.05) is 18.2 Å². The van der Waals surface area contributed by atoms with E-state index in [1.54, 1.807) is 31.5 Å². The highest BCUT2D eigenvalue weighted by Crippen LogP contribution is 2.26. The zero-order valence-electron chi connectivity index (χ0n) is 11.7. The molecule has 0 saturated carbocycles. The number of carbonyl (C=O) groups excluding carboxylic acids is 1. The number of benzene rings is 1. The molecule has 0 saturated heterocycles. The number of halogens is 1. The third kappa shape index (κ3) is 4.62. The van der Waals surface area contributed by atoms with Crippen LogP contribution in [-0.2, 0) is 11.3 Å². The Balaban J connectivity index is 1.85. The van der Waals surface area contributed by atoms with Crippen LogP contribution in [-0.4, -0.2) is 22.8 Å². The maximum Gasteiger partial charge on any atom is 0.224 e. The third-order valence-corrected chi connectivity index (χ3v) is 3.45. The van der Waals surface area contributed by atoms with Crippen LogP contribution in [0.25, 0.3) is 0 Å². The van der Waals surface area contributed by atoms with Crippen molar-refractivity contribution in [2.45, 2.75) is 19.4 Å². The molecule has 2 rings (SSSR count). The minimum atomic E-state index is -0.0687. The lowest BCUT2D eigenvalue weighted by Gasteiger charge is -2.10. The molecule has 0 radical (unpaired) electrons. The number of ether oxygens (including phenoxy) is 1. The molecular weight excluding hydrogens is 383 g/mol. The number of aryl methyl sites for hydroxylation is 1. The summed E-state index contributed by atoms with van der Waals surface area (Å²) in [6.45, 7) is 0.713. The number of nitrogens with one attached hydrogen (secondary N) is 1. The van der Waals surface area contributed by atoms with Gasteiger partial charge in [-0.25, -0.2) is 0 Å². The van der Waals surface area contributed by atoms with E-state index < -0.39 is 0 Å². The summed E-state index contributed by atoms with van der Waals surface area (Å²) in [5, 5.41) is 7.00. The molecule has 0 spiro atoms. The van der Waals surface area contributed by atoms with E-state index in [0.717, 1.165) is 3.57 Å². The molecule has 112 valence electrons. The van der Waals surface area contributed by atoms with Crippen molar-refractivity contribution in [3.8, 4) is 5.75 Å². The maximum atomic E-state index is 11.9. The number of nitrogens with two attached hydrogens (primary N) is 1. The lowest BCUT2D eigenvalue weighted by molar-refractivity contribution is -0.116. The predicted octanol–water partition coefficient (Wildman–Crippen LogP) is 2.50. The molecule has 0 fully saturated rings. The monoisotopic (exact) mass is 400 g/mol. The van der Waals surface area contributed by atoms with Crippen molar-refractivity contribution in [1.29, 1.82) is 0 Å². The number of rotatable bonds is 6. The van der Waals surface area contributed by atoms with Crippen molar-refractivity contribution in [2.24, 2.45) is 0 Å². The van der Waals surface area contributed by atoms with Gasteiger partial charge in [-0.2, -0.15) is 5.10 Å². The second-order valence-corrected chi connectivity index (χ2v) is 5.78. The normalized spacial score (nSPS) is 10.4. The van der Waals surface area contributed by atoms with Gasteiger partial charge in [0.25, 0.3) is 0 Å². The summed E-state index contributed by atoms with van der Waals surface area (Å²) in [4.78, 5) is 11.9. The zero-order valence-corrected chi connectivity index (χ0v) is 13.8. The molecule has 1 amide bonds. The largest absolute Gasteiger partial charge is 0.495 e. The Labute approximate surface area is 136 Å². The van der Waals surface area contributed by atoms with Crippen LogP contribution in [0.5, 0.6) is 5.75 Å². The Morgan fingerprint density at radius 1 is 1.52 bits per heavy atom. The summed E-state index contributed by atoms with van der Waals surface area (Å²) in [5.74, 6) is 0.528. The number of anilines is 2. The molecule has 0 aliphatic carbocycles. The summed E-state index contributed by atoms with van der Waals surface area (Å²) < 4.78 is 8.11. The van der Waals surface area contributed by atoms with Crippen LogP contribution in [0.3, 0.4) is 0 Å². The van der Waals surface area contributed by atoms with Crippen LogP contribution in [0.1, 0.15) is 12.8 Å². The first-order chi connectivity index (χ1) is 10.1. The maximum absolute atomic E-state index is 11.9. The molecule has 1 heterocycles. The van der Waals surface area contributed by atoms with E-state index in [2.05, 4.69) is 33.0 Å². The Bertz CT molecular complexity index is 627. The van der Waals surface area contributed by atoms with Crippen LogP contribution >= 0.6 is 22.6 Å². The first kappa shape index (κ1) is 15.6. The van der Waals surface area contributed by atoms with Gasteiger partial charge in [0.15, 0.2) is 0 Å². The molecule has 7 heteroatoms. The Morgan fingerprint density at radius 2 is 2.33 bits per heavy atom. The third-order valence-electron chi connectivity index (χ3n) is 2.89. The number of aromatic nitrogens is 2. The molecule has 1 aromatic carbocycles. The smallest absolute Gasteiger partial charge is 0.224 e. The topological polar surface area (TPSA) is 82.2 Å². The van der Waals surface area contributed by atoms with Gasteiger partial charge in [0.05, 0.1) is 22.6 Å². The van der Waals surface area contributed by atoms with E-state index in [1.807, 2.05) is 10.9 Å². The summed E-state index contributed by atoms with van der Waals surface area (Å²) in [7, 11) is 1.56. The highest BCUT2D eigenvalue weighted by atomic mass is 127. The molecule has 3 N–H and O–H groups in total. The van der Waals surface area contributed by atoms with Gasteiger partial charge in [-0.1, -0.05) is 0 Å². The van der Waals surface area contributed by atoms with E-state index in [-0.39, 0.29) is 5.91 Å². The Morgan fingerprint density at radius 3 is 3.00 bits per heavy atom. The van der Waals surface area contributed by atoms with Gasteiger partial charge in [-0.3, -0.25) is 9.48 Å². The number of carbonyl (C=O) groups is 1. The minimum absolute atomic E-state index is 0.0687. The molecule has 0 aliphatic heterocycles. The average molecular weight is 400 g/mol. The van der Waals surface area contributed by atoms with Crippen molar-refractivity contribution in [3.05, 3.63) is 34.2 Å². The predicted molar refractivity (Wildman–Crippen MR) is 90.2 cm³/mol. The molecule has 0 atom stereocenters. The number of hydrogen-bond donors (Lipinski definition) is 2. The number of methoxy groups -OCH3 is 1. The minimum Gasteiger partial charge on any atom is -0.495 e. The number of hydrogen-bond acceptors (Lipinski definition) is 4. The quantitative estimate of drug-likeness (QED) is 0.577. The van der Waals surface area contributed by atoms with Crippen LogP contribution in [0, 0.1) is 3.57 Å². The van der Waals surface area contributed by atoms with Crippen LogP contribution in [0.15, 0.2) is 30.6 Å². The fourth-order valence-electron chi connectivity index (χ4n) is 1.90. The lowest BCUT2D eigenvalue weighted by atomic mass is 10.2. The molecule has 0 aliphatic rings. The summed E-state index contributed by atoms with van der Waals surface area (Å²) in [6, 6.07) is 5.15. The zero-order chi connectivity index (χ0) is 15.2. The van der Waals surface area contributed by atoms with Crippen molar-refractivity contribution >= 4 is 39.9 Å². The van der Waals surface area contributed by atoms with Gasteiger partial charge < -0.3 is 15.8 Å². The summed E-state index contributed by atoms with van der Waals surface area (Å²) >= 11 is 2.20. The van der Waals surface area contributed by atoms with Gasteiger partial charge >= 0.3 is 0 Å². The van der Waals surface area contributed by atoms with Crippen molar-refractivity contribution < 1.29 is 9.53 Å². The van der Waals surface area contributed by atoms with Gasteiger partial charge in [-0.15, -0.1) is 0 Å². The molecule has 0 bridgehead atoms. The number of nitrogen functional groups attached to an aromatic ring is 1. The first-order valence-electron chi connectivity index (χ1n) is 6.50. The second kappa shape index (κ2) is 7.30. The fraction of sp³-hybridized carbons (Fsp3) is 0.286. The molecule has 6 nitrogen and oxygen atoms in total. The molecule has 2 aromatic rings. The van der Waals surface area contributed by atoms with Crippen molar-refractivity contribution in [1.82, 2.24) is 9.78 Å². The number of nitrogens with zero attached hydrogens (tertiary/aromatic N) is 2. The second-order valence-electron chi connectivity index (χ2n) is 4.53. The van der Waals surface area contributed by atoms with E-state index in [9.17, 15) is 4.79 Å². The molecular formula is C14H17IN4O2. The van der Waals surface area contributed by atoms with Gasteiger partial charge in [0.2, 0.25) is 5.91 Å². The SMILES string of the molecule is COc1ccc(N)cc1NC(=O)CCCn1cc(I)cn1. The van der Waals surface area contributed by atoms with Gasteiger partial charge in [-0.05, 0) is 47.2 Å². The number of amides is 1. The standard InChI is InChI=1S/C14H17IN4O2/c1-21-13-5-4-11(16)7-12(13)18-14(20)3-2-6-19-9-10(15)8-17-19/h4-5,7-9H,2-3,6,16H2,1H3,(H,18,20). The van der Waals surface area contributed by atoms with Crippen LogP contribution < -0.4 is 15.8 Å². The molecule has 0 unspecified atom stereocenters. The molecule has 1 aromatic heterocycles. The van der Waals surface area contributed by atoms with Crippen LogP contribution in [0.4, 0.5) is 11.4 Å². The summed E-state index contributed by atoms with van der Waals surface area (Å²) in [5.41, 5.74) is 6.89. The van der Waals surface area contributed by atoms with Crippen LogP contribution in [0.2, 0.25) is 0 Å². The van der Waals surface area contributed by atoms with E-state index in [0.29, 0.717) is 36.5 Å². The van der Waals surface area contributed by atoms with Crippen molar-refractivity contribution in [3.63, 3.8) is 0 Å². The average Bonchev–Trinajstić information content (AvgIpc) is 2.85. The molecule has 21 heavy (non-hydrogen) atoms. The highest BCUT2D eigenvalue weighted by Gasteiger charge is 2.08. The Kier molecular flexibility index (Phi) is 5.43. The highest BCUT2D eigenvalue weighted by molar-refractivity contribution is 14.1. The fourth-order valence-corrected chi connectivity index (χ4v) is 2.34. The lowest BCUT2D eigenvalue weighted by Crippen LogP contribution is -2.13. The Hall–Kier alpha value is -1.77. The van der Waals surface area contributed by atoms with E-state index >= 15 is 0 Å². The van der Waals surface area contributed by atoms with Gasteiger partial charge in [0, 0.05) is 24.8 Å². The van der Waals surface area contributed by atoms with E-state index in [1.165, 1.54) is 0 Å². The van der Waals surface area contributed by atoms with Gasteiger partial charge in [0.1, 0.15) is 5.75 Å². The first-order valence-corrected chi connectivity index (χ1v) is 7.57. The van der Waals surface area contributed by atoms with E-state index in [4.69, 9.17) is 10.5 Å². The summed E-state index contributed by atoms with van der Waals surface area (Å²) in [6.07, 6.45) is 4.86.